The number of pyridine rings is 1. The van der Waals surface area contributed by atoms with Crippen LogP contribution in [0.2, 0.25) is 5.02 Å². The molecule has 0 aliphatic heterocycles. The van der Waals surface area contributed by atoms with E-state index in [0.717, 1.165) is 29.6 Å². The molecule has 0 spiro atoms. The Hall–Kier alpha value is -1.52. The van der Waals surface area contributed by atoms with Crippen molar-refractivity contribution >= 4 is 17.4 Å². The Morgan fingerprint density at radius 1 is 1.33 bits per heavy atom. The lowest BCUT2D eigenvalue weighted by Crippen LogP contribution is -2.20. The standard InChI is InChI=1S/C16H20ClN3O/c1-11-3-6-13(21-11)10-20(2)16-8-7-14(17)15(19-16)9-18-12-4-5-12/h3,6-8,12,18H,4-5,9-10H2,1-2H3. The van der Waals surface area contributed by atoms with Crippen LogP contribution in [0.15, 0.2) is 28.7 Å². The summed E-state index contributed by atoms with van der Waals surface area (Å²) in [6.07, 6.45) is 2.52. The van der Waals surface area contributed by atoms with Crippen LogP contribution < -0.4 is 10.2 Å². The summed E-state index contributed by atoms with van der Waals surface area (Å²) < 4.78 is 5.61. The third kappa shape index (κ3) is 3.77. The first-order valence-corrected chi connectivity index (χ1v) is 7.65. The number of aromatic nitrogens is 1. The molecule has 112 valence electrons. The Morgan fingerprint density at radius 2 is 2.14 bits per heavy atom. The number of aryl methyl sites for hydroxylation is 1. The number of halogens is 1. The first kappa shape index (κ1) is 14.4. The molecule has 3 rings (SSSR count). The van der Waals surface area contributed by atoms with Gasteiger partial charge in [0.25, 0.3) is 0 Å². The second kappa shape index (κ2) is 6.08. The molecular weight excluding hydrogens is 286 g/mol. The molecular formula is C16H20ClN3O. The summed E-state index contributed by atoms with van der Waals surface area (Å²) in [4.78, 5) is 6.73. The van der Waals surface area contributed by atoms with E-state index in [-0.39, 0.29) is 0 Å². The summed E-state index contributed by atoms with van der Waals surface area (Å²) in [6.45, 7) is 3.37. The van der Waals surface area contributed by atoms with Crippen molar-refractivity contribution in [3.05, 3.63) is 46.5 Å². The van der Waals surface area contributed by atoms with Crippen LogP contribution >= 0.6 is 11.6 Å². The molecule has 2 aromatic rings. The van der Waals surface area contributed by atoms with E-state index in [0.29, 0.717) is 17.6 Å². The monoisotopic (exact) mass is 305 g/mol. The largest absolute Gasteiger partial charge is 0.464 e. The van der Waals surface area contributed by atoms with E-state index in [1.807, 2.05) is 38.2 Å². The summed E-state index contributed by atoms with van der Waals surface area (Å²) in [6, 6.07) is 8.48. The molecule has 1 saturated carbocycles. The minimum absolute atomic E-state index is 0.648. The van der Waals surface area contributed by atoms with Crippen molar-refractivity contribution in [3.63, 3.8) is 0 Å². The van der Waals surface area contributed by atoms with Gasteiger partial charge in [-0.1, -0.05) is 11.6 Å². The van der Waals surface area contributed by atoms with Crippen LogP contribution in [0.3, 0.4) is 0 Å². The summed E-state index contributed by atoms with van der Waals surface area (Å²) >= 11 is 6.23. The van der Waals surface area contributed by atoms with Crippen molar-refractivity contribution in [2.24, 2.45) is 0 Å². The van der Waals surface area contributed by atoms with Crippen LogP contribution in [0.4, 0.5) is 5.82 Å². The maximum atomic E-state index is 6.23. The highest BCUT2D eigenvalue weighted by Gasteiger charge is 2.21. The Morgan fingerprint density at radius 3 is 2.81 bits per heavy atom. The lowest BCUT2D eigenvalue weighted by atomic mass is 10.3. The molecule has 21 heavy (non-hydrogen) atoms. The summed E-state index contributed by atoms with van der Waals surface area (Å²) in [7, 11) is 2.01. The number of nitrogens with zero attached hydrogens (tertiary/aromatic N) is 2. The fourth-order valence-electron chi connectivity index (χ4n) is 2.22. The van der Waals surface area contributed by atoms with Gasteiger partial charge in [-0.25, -0.2) is 4.98 Å². The van der Waals surface area contributed by atoms with Crippen molar-refractivity contribution in [2.75, 3.05) is 11.9 Å². The Balaban J connectivity index is 1.69. The number of hydrogen-bond donors (Lipinski definition) is 1. The molecule has 5 heteroatoms. The van der Waals surface area contributed by atoms with Gasteiger partial charge in [-0.3, -0.25) is 0 Å². The minimum Gasteiger partial charge on any atom is -0.464 e. The van der Waals surface area contributed by atoms with E-state index in [1.54, 1.807) is 0 Å². The topological polar surface area (TPSA) is 41.3 Å². The van der Waals surface area contributed by atoms with Gasteiger partial charge in [0, 0.05) is 19.6 Å². The lowest BCUT2D eigenvalue weighted by molar-refractivity contribution is 0.481. The maximum absolute atomic E-state index is 6.23. The van der Waals surface area contributed by atoms with Crippen LogP contribution in [0.5, 0.6) is 0 Å². The third-order valence-electron chi connectivity index (χ3n) is 3.62. The van der Waals surface area contributed by atoms with Crippen molar-refractivity contribution in [2.45, 2.75) is 38.9 Å². The molecule has 1 N–H and O–H groups in total. The van der Waals surface area contributed by atoms with Gasteiger partial charge in [0.05, 0.1) is 17.3 Å². The molecule has 1 aliphatic carbocycles. The molecule has 1 aliphatic rings. The van der Waals surface area contributed by atoms with E-state index in [2.05, 4.69) is 15.2 Å². The number of anilines is 1. The molecule has 2 aromatic heterocycles. The molecule has 0 bridgehead atoms. The summed E-state index contributed by atoms with van der Waals surface area (Å²) in [5, 5.41) is 4.17. The zero-order chi connectivity index (χ0) is 14.8. The van der Waals surface area contributed by atoms with E-state index >= 15 is 0 Å². The number of rotatable bonds is 6. The van der Waals surface area contributed by atoms with Crippen LogP contribution in [0.25, 0.3) is 0 Å². The first-order valence-electron chi connectivity index (χ1n) is 7.27. The van der Waals surface area contributed by atoms with Crippen LogP contribution in [0, 0.1) is 6.92 Å². The Labute approximate surface area is 130 Å². The molecule has 0 amide bonds. The van der Waals surface area contributed by atoms with Crippen molar-refractivity contribution in [1.29, 1.82) is 0 Å². The van der Waals surface area contributed by atoms with Gasteiger partial charge in [0.2, 0.25) is 0 Å². The molecule has 4 nitrogen and oxygen atoms in total. The Kier molecular flexibility index (Phi) is 4.17. The normalized spacial score (nSPS) is 14.4. The highest BCUT2D eigenvalue weighted by Crippen LogP contribution is 2.23. The van der Waals surface area contributed by atoms with Gasteiger partial charge in [-0.2, -0.15) is 0 Å². The van der Waals surface area contributed by atoms with Crippen LogP contribution in [-0.2, 0) is 13.1 Å². The van der Waals surface area contributed by atoms with Gasteiger partial charge in [0.1, 0.15) is 17.3 Å². The molecule has 0 unspecified atom stereocenters. The smallest absolute Gasteiger partial charge is 0.129 e. The maximum Gasteiger partial charge on any atom is 0.129 e. The second-order valence-electron chi connectivity index (χ2n) is 5.62. The quantitative estimate of drug-likeness (QED) is 0.886. The summed E-state index contributed by atoms with van der Waals surface area (Å²) in [5.74, 6) is 2.77. The van der Waals surface area contributed by atoms with E-state index in [4.69, 9.17) is 16.0 Å². The average Bonchev–Trinajstić information content (AvgIpc) is 3.20. The molecule has 0 aromatic carbocycles. The first-order chi connectivity index (χ1) is 10.1. The minimum atomic E-state index is 0.648. The molecule has 2 heterocycles. The van der Waals surface area contributed by atoms with E-state index in [1.165, 1.54) is 12.8 Å². The van der Waals surface area contributed by atoms with Gasteiger partial charge in [-0.15, -0.1) is 0 Å². The molecule has 0 radical (unpaired) electrons. The number of hydrogen-bond acceptors (Lipinski definition) is 4. The van der Waals surface area contributed by atoms with Gasteiger partial charge < -0.3 is 14.6 Å². The lowest BCUT2D eigenvalue weighted by Gasteiger charge is -2.18. The van der Waals surface area contributed by atoms with Gasteiger partial charge in [0.15, 0.2) is 0 Å². The number of nitrogens with one attached hydrogen (secondary N) is 1. The predicted molar refractivity (Wildman–Crippen MR) is 84.7 cm³/mol. The highest BCUT2D eigenvalue weighted by molar-refractivity contribution is 6.31. The second-order valence-corrected chi connectivity index (χ2v) is 6.03. The SMILES string of the molecule is Cc1ccc(CN(C)c2ccc(Cl)c(CNC3CC3)n2)o1. The molecule has 0 atom stereocenters. The highest BCUT2D eigenvalue weighted by atomic mass is 35.5. The zero-order valence-electron chi connectivity index (χ0n) is 12.4. The Bertz CT molecular complexity index is 622. The van der Waals surface area contributed by atoms with Crippen LogP contribution in [-0.4, -0.2) is 18.1 Å². The third-order valence-corrected chi connectivity index (χ3v) is 3.96. The zero-order valence-corrected chi connectivity index (χ0v) is 13.2. The van der Waals surface area contributed by atoms with Crippen molar-refractivity contribution < 1.29 is 4.42 Å². The van der Waals surface area contributed by atoms with Gasteiger partial charge in [-0.05, 0) is 44.0 Å². The number of furan rings is 1. The summed E-state index contributed by atoms with van der Waals surface area (Å²) in [5.41, 5.74) is 0.906. The van der Waals surface area contributed by atoms with Crippen molar-refractivity contribution in [1.82, 2.24) is 10.3 Å². The predicted octanol–water partition coefficient (Wildman–Crippen LogP) is 3.52. The van der Waals surface area contributed by atoms with E-state index < -0.39 is 0 Å². The van der Waals surface area contributed by atoms with Gasteiger partial charge >= 0.3 is 0 Å². The fourth-order valence-corrected chi connectivity index (χ4v) is 2.39. The molecule has 1 fully saturated rings. The average molecular weight is 306 g/mol. The van der Waals surface area contributed by atoms with Crippen molar-refractivity contribution in [3.8, 4) is 0 Å². The van der Waals surface area contributed by atoms with Crippen LogP contribution in [0.1, 0.15) is 30.1 Å². The van der Waals surface area contributed by atoms with E-state index in [9.17, 15) is 0 Å². The fraction of sp³-hybridized carbons (Fsp3) is 0.438. The molecule has 0 saturated heterocycles.